The first-order chi connectivity index (χ1) is 10.1. The van der Waals surface area contributed by atoms with Crippen LogP contribution in [0.3, 0.4) is 0 Å². The molecule has 0 amide bonds. The van der Waals surface area contributed by atoms with Gasteiger partial charge in [0, 0.05) is 17.1 Å². The van der Waals surface area contributed by atoms with E-state index in [9.17, 15) is 5.11 Å². The third kappa shape index (κ3) is 7.94. The van der Waals surface area contributed by atoms with Crippen LogP contribution in [0.25, 0.3) is 0 Å². The molecule has 120 valence electrons. The maximum Gasteiger partial charge on any atom is 0.138 e. The lowest BCUT2D eigenvalue weighted by Crippen LogP contribution is -2.14. The molecule has 1 aromatic rings. The summed E-state index contributed by atoms with van der Waals surface area (Å²) in [5.74, 6) is 0.129. The summed E-state index contributed by atoms with van der Waals surface area (Å²) in [5, 5.41) is 14.0. The monoisotopic (exact) mass is 331 g/mol. The summed E-state index contributed by atoms with van der Waals surface area (Å²) in [7, 11) is 0. The molecule has 0 aliphatic rings. The summed E-state index contributed by atoms with van der Waals surface area (Å²) in [6.07, 6.45) is 10.5. The van der Waals surface area contributed by atoms with Crippen molar-refractivity contribution in [3.63, 3.8) is 0 Å². The molecule has 21 heavy (non-hydrogen) atoms. The van der Waals surface area contributed by atoms with E-state index in [1.807, 2.05) is 0 Å². The van der Waals surface area contributed by atoms with Gasteiger partial charge in [0.15, 0.2) is 0 Å². The standard InChI is InChI=1S/C17H27Cl2NO/c1-2-3-4-5-6-7-8-9-10-20-13-14-11-15(18)12-16(19)17(14)21/h11-12,20-21H,2-10,13H2,1H3. The number of benzene rings is 1. The van der Waals surface area contributed by atoms with Gasteiger partial charge in [-0.05, 0) is 25.1 Å². The number of hydrogen-bond donors (Lipinski definition) is 2. The molecular weight excluding hydrogens is 305 g/mol. The second-order valence-corrected chi connectivity index (χ2v) is 6.39. The largest absolute Gasteiger partial charge is 0.506 e. The zero-order valence-corrected chi connectivity index (χ0v) is 14.4. The number of phenolic OH excluding ortho intramolecular Hbond substituents is 1. The molecule has 2 N–H and O–H groups in total. The zero-order valence-electron chi connectivity index (χ0n) is 12.9. The second kappa shape index (κ2) is 11.2. The van der Waals surface area contributed by atoms with Crippen LogP contribution in [-0.2, 0) is 6.54 Å². The molecule has 0 saturated carbocycles. The fraction of sp³-hybridized carbons (Fsp3) is 0.647. The van der Waals surface area contributed by atoms with Gasteiger partial charge in [-0.3, -0.25) is 0 Å². The first-order valence-electron chi connectivity index (χ1n) is 8.02. The number of nitrogens with one attached hydrogen (secondary N) is 1. The van der Waals surface area contributed by atoms with Crippen molar-refractivity contribution >= 4 is 23.2 Å². The summed E-state index contributed by atoms with van der Waals surface area (Å²) >= 11 is 11.8. The van der Waals surface area contributed by atoms with E-state index < -0.39 is 0 Å². The van der Waals surface area contributed by atoms with Crippen LogP contribution in [-0.4, -0.2) is 11.7 Å². The Morgan fingerprint density at radius 1 is 0.952 bits per heavy atom. The average Bonchev–Trinajstić information content (AvgIpc) is 2.45. The fourth-order valence-electron chi connectivity index (χ4n) is 2.36. The predicted molar refractivity (Wildman–Crippen MR) is 92.4 cm³/mol. The van der Waals surface area contributed by atoms with E-state index in [-0.39, 0.29) is 5.75 Å². The minimum atomic E-state index is 0.129. The summed E-state index contributed by atoms with van der Waals surface area (Å²) in [4.78, 5) is 0. The van der Waals surface area contributed by atoms with Gasteiger partial charge in [0.2, 0.25) is 0 Å². The SMILES string of the molecule is CCCCCCCCCCNCc1cc(Cl)cc(Cl)c1O. The molecule has 0 unspecified atom stereocenters. The number of halogens is 2. The van der Waals surface area contributed by atoms with Crippen molar-refractivity contribution in [3.05, 3.63) is 27.7 Å². The highest BCUT2D eigenvalue weighted by atomic mass is 35.5. The van der Waals surface area contributed by atoms with E-state index in [1.165, 1.54) is 51.4 Å². The van der Waals surface area contributed by atoms with Crippen LogP contribution in [0.2, 0.25) is 10.0 Å². The van der Waals surface area contributed by atoms with Gasteiger partial charge >= 0.3 is 0 Å². The number of aromatic hydroxyl groups is 1. The highest BCUT2D eigenvalue weighted by molar-refractivity contribution is 6.35. The summed E-state index contributed by atoms with van der Waals surface area (Å²) in [5.41, 5.74) is 0.757. The van der Waals surface area contributed by atoms with Gasteiger partial charge < -0.3 is 10.4 Å². The smallest absolute Gasteiger partial charge is 0.138 e. The highest BCUT2D eigenvalue weighted by Gasteiger charge is 2.07. The summed E-state index contributed by atoms with van der Waals surface area (Å²) in [6.45, 7) is 3.80. The Morgan fingerprint density at radius 2 is 1.57 bits per heavy atom. The molecule has 0 heterocycles. The summed E-state index contributed by atoms with van der Waals surface area (Å²) in [6, 6.07) is 3.31. The van der Waals surface area contributed by atoms with Crippen molar-refractivity contribution < 1.29 is 5.11 Å². The maximum atomic E-state index is 9.83. The minimum absolute atomic E-state index is 0.129. The molecule has 0 aromatic heterocycles. The molecular formula is C17H27Cl2NO. The van der Waals surface area contributed by atoms with Crippen LogP contribution in [0.5, 0.6) is 5.75 Å². The lowest BCUT2D eigenvalue weighted by Gasteiger charge is -2.09. The van der Waals surface area contributed by atoms with E-state index in [0.717, 1.165) is 12.1 Å². The van der Waals surface area contributed by atoms with E-state index in [1.54, 1.807) is 12.1 Å². The van der Waals surface area contributed by atoms with Gasteiger partial charge in [-0.15, -0.1) is 0 Å². The quantitative estimate of drug-likeness (QED) is 0.492. The van der Waals surface area contributed by atoms with Crippen molar-refractivity contribution in [1.29, 1.82) is 0 Å². The van der Waals surface area contributed by atoms with Gasteiger partial charge in [0.1, 0.15) is 5.75 Å². The van der Waals surface area contributed by atoms with Crippen LogP contribution in [0.1, 0.15) is 63.9 Å². The van der Waals surface area contributed by atoms with Crippen LogP contribution in [0, 0.1) is 0 Å². The third-order valence-electron chi connectivity index (χ3n) is 3.63. The maximum absolute atomic E-state index is 9.83. The van der Waals surface area contributed by atoms with E-state index in [0.29, 0.717) is 16.6 Å². The molecule has 0 spiro atoms. The number of phenols is 1. The Morgan fingerprint density at radius 3 is 2.24 bits per heavy atom. The number of unbranched alkanes of at least 4 members (excludes halogenated alkanes) is 7. The normalized spacial score (nSPS) is 11.0. The van der Waals surface area contributed by atoms with Crippen molar-refractivity contribution in [1.82, 2.24) is 5.32 Å². The predicted octanol–water partition coefficient (Wildman–Crippen LogP) is 5.93. The van der Waals surface area contributed by atoms with E-state index >= 15 is 0 Å². The van der Waals surface area contributed by atoms with Crippen molar-refractivity contribution in [2.45, 2.75) is 64.8 Å². The molecule has 4 heteroatoms. The van der Waals surface area contributed by atoms with E-state index in [2.05, 4.69) is 12.2 Å². The van der Waals surface area contributed by atoms with Gasteiger partial charge in [-0.2, -0.15) is 0 Å². The molecule has 0 radical (unpaired) electrons. The van der Waals surface area contributed by atoms with Crippen molar-refractivity contribution in [2.24, 2.45) is 0 Å². The first-order valence-corrected chi connectivity index (χ1v) is 8.78. The Kier molecular flexibility index (Phi) is 9.90. The van der Waals surface area contributed by atoms with Crippen molar-refractivity contribution in [3.8, 4) is 5.75 Å². The van der Waals surface area contributed by atoms with E-state index in [4.69, 9.17) is 23.2 Å². The number of hydrogen-bond acceptors (Lipinski definition) is 2. The third-order valence-corrected chi connectivity index (χ3v) is 4.14. The van der Waals surface area contributed by atoms with Crippen LogP contribution in [0.15, 0.2) is 12.1 Å². The number of rotatable bonds is 11. The minimum Gasteiger partial charge on any atom is -0.506 e. The second-order valence-electron chi connectivity index (χ2n) is 5.55. The Labute approximate surface area is 138 Å². The van der Waals surface area contributed by atoms with Crippen molar-refractivity contribution in [2.75, 3.05) is 6.54 Å². The molecule has 0 atom stereocenters. The van der Waals surface area contributed by atoms with Crippen LogP contribution >= 0.6 is 23.2 Å². The average molecular weight is 332 g/mol. The van der Waals surface area contributed by atoms with Crippen LogP contribution in [0.4, 0.5) is 0 Å². The lowest BCUT2D eigenvalue weighted by molar-refractivity contribution is 0.463. The summed E-state index contributed by atoms with van der Waals surface area (Å²) < 4.78 is 0. The fourth-order valence-corrected chi connectivity index (χ4v) is 2.90. The van der Waals surface area contributed by atoms with Gasteiger partial charge in [-0.1, -0.05) is 75.1 Å². The Balaban J connectivity index is 2.07. The Hall–Kier alpha value is -0.440. The molecule has 1 aromatic carbocycles. The first kappa shape index (κ1) is 18.6. The molecule has 0 aliphatic heterocycles. The highest BCUT2D eigenvalue weighted by Crippen LogP contribution is 2.30. The molecule has 0 saturated heterocycles. The molecule has 2 nitrogen and oxygen atoms in total. The molecule has 0 bridgehead atoms. The zero-order chi connectivity index (χ0) is 15.5. The molecule has 0 fully saturated rings. The van der Waals surface area contributed by atoms with Gasteiger partial charge in [-0.25, -0.2) is 0 Å². The van der Waals surface area contributed by atoms with Gasteiger partial charge in [0.05, 0.1) is 5.02 Å². The Bertz CT molecular complexity index is 410. The van der Waals surface area contributed by atoms with Crippen LogP contribution < -0.4 is 5.32 Å². The van der Waals surface area contributed by atoms with Gasteiger partial charge in [0.25, 0.3) is 0 Å². The molecule has 1 rings (SSSR count). The topological polar surface area (TPSA) is 32.3 Å². The lowest BCUT2D eigenvalue weighted by atomic mass is 10.1. The molecule has 0 aliphatic carbocycles.